The minimum atomic E-state index is -0.737. The highest BCUT2D eigenvalue weighted by atomic mass is 16.5. The lowest BCUT2D eigenvalue weighted by Gasteiger charge is -2.10. The average molecular weight is 194 g/mol. The van der Waals surface area contributed by atoms with Crippen molar-refractivity contribution < 1.29 is 14.6 Å². The Morgan fingerprint density at radius 1 is 1.43 bits per heavy atom. The van der Waals surface area contributed by atoms with E-state index in [1.807, 2.05) is 31.2 Å². The van der Waals surface area contributed by atoms with Gasteiger partial charge in [0.05, 0.1) is 0 Å². The monoisotopic (exact) mass is 194 g/mol. The van der Waals surface area contributed by atoms with Crippen molar-refractivity contribution in [2.75, 3.05) is 6.61 Å². The molecule has 3 heteroatoms. The van der Waals surface area contributed by atoms with Gasteiger partial charge >= 0.3 is 5.97 Å². The minimum Gasteiger partial charge on any atom is -0.463 e. The molecule has 0 radical (unpaired) electrons. The number of carbonyl (C=O) groups excluding carboxylic acids is 1. The quantitative estimate of drug-likeness (QED) is 0.743. The van der Waals surface area contributed by atoms with Gasteiger partial charge in [-0.25, -0.2) is 0 Å². The van der Waals surface area contributed by atoms with E-state index in [1.165, 1.54) is 6.92 Å². The van der Waals surface area contributed by atoms with Crippen molar-refractivity contribution in [2.45, 2.75) is 20.0 Å². The smallest absolute Gasteiger partial charge is 0.302 e. The Balaban J connectivity index is 2.56. The van der Waals surface area contributed by atoms with Gasteiger partial charge in [0.25, 0.3) is 0 Å². The molecule has 1 unspecified atom stereocenters. The van der Waals surface area contributed by atoms with Crippen LogP contribution in [0, 0.1) is 6.92 Å². The Hall–Kier alpha value is -1.35. The number of aryl methyl sites for hydroxylation is 1. The van der Waals surface area contributed by atoms with Crippen LogP contribution in [0.1, 0.15) is 24.2 Å². The summed E-state index contributed by atoms with van der Waals surface area (Å²) in [6.07, 6.45) is -0.737. The van der Waals surface area contributed by atoms with Crippen molar-refractivity contribution in [1.29, 1.82) is 0 Å². The molecule has 0 fully saturated rings. The fourth-order valence-electron chi connectivity index (χ4n) is 1.08. The zero-order valence-corrected chi connectivity index (χ0v) is 8.36. The topological polar surface area (TPSA) is 46.5 Å². The van der Waals surface area contributed by atoms with Gasteiger partial charge in [-0.05, 0) is 12.5 Å². The number of hydrogen-bond acceptors (Lipinski definition) is 3. The first-order valence-electron chi connectivity index (χ1n) is 4.47. The van der Waals surface area contributed by atoms with E-state index in [9.17, 15) is 9.90 Å². The number of esters is 1. The molecule has 0 amide bonds. The standard InChI is InChI=1S/C11H14O3/c1-8-3-5-10(6-4-8)11(13)7-14-9(2)12/h3-6,11,13H,7H2,1-2H3. The predicted molar refractivity (Wildman–Crippen MR) is 52.8 cm³/mol. The molecule has 0 spiro atoms. The van der Waals surface area contributed by atoms with E-state index >= 15 is 0 Å². The van der Waals surface area contributed by atoms with E-state index in [0.29, 0.717) is 0 Å². The third kappa shape index (κ3) is 3.18. The van der Waals surface area contributed by atoms with Crippen molar-refractivity contribution in [3.05, 3.63) is 35.4 Å². The molecule has 1 rings (SSSR count). The second-order valence-electron chi connectivity index (χ2n) is 3.23. The lowest BCUT2D eigenvalue weighted by Crippen LogP contribution is -2.09. The summed E-state index contributed by atoms with van der Waals surface area (Å²) in [6.45, 7) is 3.31. The van der Waals surface area contributed by atoms with Crippen LogP contribution in [0.4, 0.5) is 0 Å². The number of rotatable bonds is 3. The van der Waals surface area contributed by atoms with Gasteiger partial charge in [-0.2, -0.15) is 0 Å². The molecule has 0 aromatic heterocycles. The van der Waals surface area contributed by atoms with Gasteiger partial charge in [0, 0.05) is 6.92 Å². The Kier molecular flexibility index (Phi) is 3.65. The van der Waals surface area contributed by atoms with E-state index < -0.39 is 6.10 Å². The van der Waals surface area contributed by atoms with Gasteiger partial charge in [-0.15, -0.1) is 0 Å². The van der Waals surface area contributed by atoms with Crippen LogP contribution in [0.2, 0.25) is 0 Å². The van der Waals surface area contributed by atoms with Crippen molar-refractivity contribution in [2.24, 2.45) is 0 Å². The minimum absolute atomic E-state index is 0.0123. The maximum absolute atomic E-state index is 10.5. The summed E-state index contributed by atoms with van der Waals surface area (Å²) in [5.41, 5.74) is 1.89. The van der Waals surface area contributed by atoms with Crippen LogP contribution < -0.4 is 0 Å². The lowest BCUT2D eigenvalue weighted by atomic mass is 10.1. The van der Waals surface area contributed by atoms with Crippen molar-refractivity contribution in [1.82, 2.24) is 0 Å². The van der Waals surface area contributed by atoms with E-state index in [2.05, 4.69) is 0 Å². The van der Waals surface area contributed by atoms with Crippen LogP contribution in [0.3, 0.4) is 0 Å². The molecule has 0 aliphatic heterocycles. The number of aliphatic hydroxyl groups is 1. The summed E-state index contributed by atoms with van der Waals surface area (Å²) in [5, 5.41) is 9.58. The molecule has 0 aliphatic rings. The molecule has 0 heterocycles. The molecule has 0 bridgehead atoms. The Morgan fingerprint density at radius 2 is 2.00 bits per heavy atom. The Labute approximate surface area is 83.3 Å². The fraction of sp³-hybridized carbons (Fsp3) is 0.364. The number of carbonyl (C=O) groups is 1. The van der Waals surface area contributed by atoms with Crippen LogP contribution in [0.15, 0.2) is 24.3 Å². The molecule has 14 heavy (non-hydrogen) atoms. The van der Waals surface area contributed by atoms with E-state index in [4.69, 9.17) is 4.74 Å². The molecule has 76 valence electrons. The van der Waals surface area contributed by atoms with Crippen LogP contribution in [-0.4, -0.2) is 17.7 Å². The predicted octanol–water partition coefficient (Wildman–Crippen LogP) is 1.59. The molecule has 3 nitrogen and oxygen atoms in total. The normalized spacial score (nSPS) is 12.2. The van der Waals surface area contributed by atoms with Crippen LogP contribution >= 0.6 is 0 Å². The number of ether oxygens (including phenoxy) is 1. The average Bonchev–Trinajstić information content (AvgIpc) is 2.15. The first kappa shape index (κ1) is 10.7. The summed E-state index contributed by atoms with van der Waals surface area (Å²) in [7, 11) is 0. The highest BCUT2D eigenvalue weighted by molar-refractivity contribution is 5.65. The van der Waals surface area contributed by atoms with Gasteiger partial charge < -0.3 is 9.84 Å². The first-order valence-corrected chi connectivity index (χ1v) is 4.47. The fourth-order valence-corrected chi connectivity index (χ4v) is 1.08. The van der Waals surface area contributed by atoms with Gasteiger partial charge in [0.1, 0.15) is 12.7 Å². The molecule has 1 atom stereocenters. The van der Waals surface area contributed by atoms with E-state index in [1.54, 1.807) is 0 Å². The SMILES string of the molecule is CC(=O)OCC(O)c1ccc(C)cc1. The second-order valence-corrected chi connectivity index (χ2v) is 3.23. The molecular weight excluding hydrogens is 180 g/mol. The van der Waals surface area contributed by atoms with Crippen molar-refractivity contribution in [3.63, 3.8) is 0 Å². The van der Waals surface area contributed by atoms with E-state index in [0.717, 1.165) is 11.1 Å². The number of hydrogen-bond donors (Lipinski definition) is 1. The van der Waals surface area contributed by atoms with Gasteiger partial charge in [-0.3, -0.25) is 4.79 Å². The van der Waals surface area contributed by atoms with Crippen LogP contribution in [0.25, 0.3) is 0 Å². The highest BCUT2D eigenvalue weighted by Crippen LogP contribution is 2.13. The molecule has 1 aromatic carbocycles. The maximum Gasteiger partial charge on any atom is 0.302 e. The summed E-state index contributed by atoms with van der Waals surface area (Å²) < 4.78 is 4.70. The lowest BCUT2D eigenvalue weighted by molar-refractivity contribution is -0.144. The Bertz CT molecular complexity index is 303. The van der Waals surface area contributed by atoms with Crippen LogP contribution in [0.5, 0.6) is 0 Å². The molecule has 1 aromatic rings. The van der Waals surface area contributed by atoms with Crippen molar-refractivity contribution >= 4 is 5.97 Å². The molecule has 0 saturated carbocycles. The van der Waals surface area contributed by atoms with Gasteiger partial charge in [-0.1, -0.05) is 29.8 Å². The van der Waals surface area contributed by atoms with Crippen LogP contribution in [-0.2, 0) is 9.53 Å². The molecule has 0 aliphatic carbocycles. The third-order valence-electron chi connectivity index (χ3n) is 1.91. The summed E-state index contributed by atoms with van der Waals surface area (Å²) in [6, 6.07) is 7.46. The van der Waals surface area contributed by atoms with Gasteiger partial charge in [0.15, 0.2) is 0 Å². The molecular formula is C11H14O3. The zero-order chi connectivity index (χ0) is 10.6. The largest absolute Gasteiger partial charge is 0.463 e. The highest BCUT2D eigenvalue weighted by Gasteiger charge is 2.08. The molecule has 1 N–H and O–H groups in total. The summed E-state index contributed by atoms with van der Waals surface area (Å²) in [4.78, 5) is 10.5. The second kappa shape index (κ2) is 4.77. The number of benzene rings is 1. The molecule has 0 saturated heterocycles. The summed E-state index contributed by atoms with van der Waals surface area (Å²) in [5.74, 6) is -0.379. The first-order chi connectivity index (χ1) is 6.59. The zero-order valence-electron chi connectivity index (χ0n) is 8.36. The maximum atomic E-state index is 10.5. The number of aliphatic hydroxyl groups excluding tert-OH is 1. The summed E-state index contributed by atoms with van der Waals surface area (Å²) >= 11 is 0. The van der Waals surface area contributed by atoms with Crippen molar-refractivity contribution in [3.8, 4) is 0 Å². The Morgan fingerprint density at radius 3 is 2.50 bits per heavy atom. The van der Waals surface area contributed by atoms with E-state index in [-0.39, 0.29) is 12.6 Å². The third-order valence-corrected chi connectivity index (χ3v) is 1.91. The van der Waals surface area contributed by atoms with Gasteiger partial charge in [0.2, 0.25) is 0 Å².